The molecule has 1 aromatic heterocycles. The van der Waals surface area contributed by atoms with Crippen molar-refractivity contribution in [1.82, 2.24) is 0 Å². The Labute approximate surface area is 197 Å². The van der Waals surface area contributed by atoms with Crippen LogP contribution >= 0.6 is 11.3 Å². The van der Waals surface area contributed by atoms with E-state index in [2.05, 4.69) is 44.4 Å². The van der Waals surface area contributed by atoms with Crippen LogP contribution in [0.2, 0.25) is 0 Å². The fourth-order valence-electron chi connectivity index (χ4n) is 4.83. The Morgan fingerprint density at radius 2 is 1.78 bits per heavy atom. The van der Waals surface area contributed by atoms with E-state index in [1.54, 1.807) is 0 Å². The van der Waals surface area contributed by atoms with Gasteiger partial charge in [-0.2, -0.15) is 0 Å². The smallest absolute Gasteiger partial charge is 0.350 e. The van der Waals surface area contributed by atoms with E-state index in [4.69, 9.17) is 4.74 Å². The molecule has 0 amide bonds. The summed E-state index contributed by atoms with van der Waals surface area (Å²) in [5.41, 5.74) is 0.583. The maximum Gasteiger partial charge on any atom is 0.350 e. The number of rotatable bonds is 5. The minimum absolute atomic E-state index is 0.0779. The molecule has 1 unspecified atom stereocenters. The molecule has 0 aromatic carbocycles. The number of ether oxygens (including phenoxy) is 1. The number of hydrogen-bond acceptors (Lipinski definition) is 6. The molecule has 0 spiro atoms. The van der Waals surface area contributed by atoms with E-state index < -0.39 is 6.23 Å². The predicted octanol–water partition coefficient (Wildman–Crippen LogP) is 5.19. The molecule has 1 atom stereocenters. The minimum Gasteiger partial charge on any atom is -0.465 e. The Kier molecular flexibility index (Phi) is 8.30. The van der Waals surface area contributed by atoms with Crippen LogP contribution in [0.3, 0.4) is 0 Å². The summed E-state index contributed by atoms with van der Waals surface area (Å²) in [6.45, 7) is 8.45. The number of nitrogens with zero attached hydrogens (tertiary/aromatic N) is 1. The summed E-state index contributed by atoms with van der Waals surface area (Å²) in [5.74, 6) is 6.96. The second-order valence-corrected chi connectivity index (χ2v) is 11.7. The summed E-state index contributed by atoms with van der Waals surface area (Å²) in [6.07, 6.45) is 6.28. The first-order valence-electron chi connectivity index (χ1n) is 12.0. The van der Waals surface area contributed by atoms with Crippen molar-refractivity contribution in [3.63, 3.8) is 0 Å². The molecule has 6 heteroatoms. The standard InChI is InChI=1S/C26H39NO4S/c1-17-6-8-18(9-7-17)24(29)27(19-10-12-20(28)13-11-19)22-16-21(14-15-26(2,3)4)32-23(22)25(30)31-5/h16-20,24,28-29H,6-13H2,1-5H3. The fourth-order valence-corrected chi connectivity index (χ4v) is 5.75. The lowest BCUT2D eigenvalue weighted by Gasteiger charge is -2.44. The lowest BCUT2D eigenvalue weighted by atomic mass is 9.81. The Morgan fingerprint density at radius 1 is 1.16 bits per heavy atom. The first-order chi connectivity index (χ1) is 15.1. The Hall–Kier alpha value is -1.55. The molecule has 0 radical (unpaired) electrons. The molecule has 0 bridgehead atoms. The molecule has 32 heavy (non-hydrogen) atoms. The first kappa shape index (κ1) is 25.1. The van der Waals surface area contributed by atoms with Crippen LogP contribution in [0.25, 0.3) is 0 Å². The monoisotopic (exact) mass is 461 g/mol. The van der Waals surface area contributed by atoms with Crippen LogP contribution < -0.4 is 4.90 Å². The number of aliphatic hydroxyl groups is 2. The molecular formula is C26H39NO4S. The second kappa shape index (κ2) is 10.6. The highest BCUT2D eigenvalue weighted by Gasteiger charge is 2.37. The van der Waals surface area contributed by atoms with Crippen molar-refractivity contribution in [2.45, 2.75) is 97.4 Å². The van der Waals surface area contributed by atoms with Crippen molar-refractivity contribution in [3.8, 4) is 11.8 Å². The fraction of sp³-hybridized carbons (Fsp3) is 0.731. The van der Waals surface area contributed by atoms with E-state index in [0.717, 1.165) is 49.1 Å². The van der Waals surface area contributed by atoms with Crippen molar-refractivity contribution in [2.24, 2.45) is 17.3 Å². The number of carbonyl (C=O) groups excluding carboxylic acids is 1. The van der Waals surface area contributed by atoms with Gasteiger partial charge >= 0.3 is 5.97 Å². The molecule has 1 heterocycles. The molecule has 0 saturated heterocycles. The highest BCUT2D eigenvalue weighted by Crippen LogP contribution is 2.40. The summed E-state index contributed by atoms with van der Waals surface area (Å²) in [5, 5.41) is 21.7. The van der Waals surface area contributed by atoms with Crippen molar-refractivity contribution >= 4 is 23.0 Å². The van der Waals surface area contributed by atoms with Crippen LogP contribution in [-0.4, -0.2) is 41.7 Å². The molecule has 2 aliphatic rings. The number of thiophene rings is 1. The molecule has 0 aliphatic heterocycles. The second-order valence-electron chi connectivity index (χ2n) is 10.6. The third kappa shape index (κ3) is 6.27. The largest absolute Gasteiger partial charge is 0.465 e. The van der Waals surface area contributed by atoms with Crippen LogP contribution in [-0.2, 0) is 4.74 Å². The number of aliphatic hydroxyl groups excluding tert-OH is 2. The maximum absolute atomic E-state index is 12.7. The Morgan fingerprint density at radius 3 is 2.34 bits per heavy atom. The molecule has 3 rings (SSSR count). The van der Waals surface area contributed by atoms with Gasteiger partial charge in [0, 0.05) is 17.4 Å². The molecule has 1 aromatic rings. The third-order valence-electron chi connectivity index (χ3n) is 6.75. The molecule has 5 nitrogen and oxygen atoms in total. The molecule has 178 valence electrons. The minimum atomic E-state index is -0.663. The lowest BCUT2D eigenvalue weighted by molar-refractivity contribution is 0.0514. The normalized spacial score (nSPS) is 27.2. The van der Waals surface area contributed by atoms with Gasteiger partial charge in [-0.05, 0) is 71.3 Å². The van der Waals surface area contributed by atoms with E-state index in [1.165, 1.54) is 18.4 Å². The zero-order chi connectivity index (χ0) is 23.5. The van der Waals surface area contributed by atoms with Crippen molar-refractivity contribution in [3.05, 3.63) is 15.8 Å². The van der Waals surface area contributed by atoms with Gasteiger partial charge in [0.1, 0.15) is 11.1 Å². The lowest BCUT2D eigenvalue weighted by Crippen LogP contribution is -2.50. The Bertz CT molecular complexity index is 830. The number of methoxy groups -OCH3 is 1. The highest BCUT2D eigenvalue weighted by atomic mass is 32.1. The zero-order valence-corrected chi connectivity index (χ0v) is 21.0. The van der Waals surface area contributed by atoms with E-state index >= 15 is 0 Å². The van der Waals surface area contributed by atoms with Crippen LogP contribution in [0.4, 0.5) is 5.69 Å². The van der Waals surface area contributed by atoms with Crippen molar-refractivity contribution in [2.75, 3.05) is 12.0 Å². The summed E-state index contributed by atoms with van der Waals surface area (Å²) in [6, 6.07) is 2.03. The van der Waals surface area contributed by atoms with Crippen LogP contribution in [0.15, 0.2) is 6.07 Å². The zero-order valence-electron chi connectivity index (χ0n) is 20.2. The SMILES string of the molecule is COC(=O)c1sc(C#CC(C)(C)C)cc1N(C1CCC(O)CC1)C(O)C1CCC(C)CC1. The molecule has 2 saturated carbocycles. The molecule has 2 N–H and O–H groups in total. The van der Waals surface area contributed by atoms with Gasteiger partial charge in [-0.3, -0.25) is 0 Å². The Balaban J connectivity index is 2.01. The van der Waals surface area contributed by atoms with Crippen LogP contribution in [0, 0.1) is 29.1 Å². The van der Waals surface area contributed by atoms with Crippen molar-refractivity contribution < 1.29 is 19.7 Å². The van der Waals surface area contributed by atoms with Gasteiger partial charge in [0.2, 0.25) is 0 Å². The predicted molar refractivity (Wildman–Crippen MR) is 130 cm³/mol. The first-order valence-corrected chi connectivity index (χ1v) is 12.8. The van der Waals surface area contributed by atoms with Gasteiger partial charge < -0.3 is 19.8 Å². The van der Waals surface area contributed by atoms with Gasteiger partial charge in [-0.15, -0.1) is 11.3 Å². The number of carbonyl (C=O) groups is 1. The van der Waals surface area contributed by atoms with E-state index in [9.17, 15) is 15.0 Å². The summed E-state index contributed by atoms with van der Waals surface area (Å²) < 4.78 is 5.10. The van der Waals surface area contributed by atoms with E-state index in [0.29, 0.717) is 23.6 Å². The van der Waals surface area contributed by atoms with Gasteiger partial charge in [0.15, 0.2) is 0 Å². The van der Waals surface area contributed by atoms with E-state index in [-0.39, 0.29) is 29.4 Å². The van der Waals surface area contributed by atoms with Gasteiger partial charge in [-0.25, -0.2) is 4.79 Å². The summed E-state index contributed by atoms with van der Waals surface area (Å²) >= 11 is 1.34. The van der Waals surface area contributed by atoms with Gasteiger partial charge in [-0.1, -0.05) is 31.6 Å². The van der Waals surface area contributed by atoms with Gasteiger partial charge in [0.25, 0.3) is 0 Å². The topological polar surface area (TPSA) is 70.0 Å². The third-order valence-corrected chi connectivity index (χ3v) is 7.77. The number of anilines is 1. The van der Waals surface area contributed by atoms with Crippen LogP contribution in [0.1, 0.15) is 93.6 Å². The molecule has 2 fully saturated rings. The maximum atomic E-state index is 12.7. The summed E-state index contributed by atoms with van der Waals surface area (Å²) in [7, 11) is 1.40. The average Bonchev–Trinajstić information content (AvgIpc) is 3.17. The number of esters is 1. The van der Waals surface area contributed by atoms with Gasteiger partial charge in [0.05, 0.1) is 23.8 Å². The van der Waals surface area contributed by atoms with Crippen LogP contribution in [0.5, 0.6) is 0 Å². The van der Waals surface area contributed by atoms with Crippen molar-refractivity contribution in [1.29, 1.82) is 0 Å². The quantitative estimate of drug-likeness (QED) is 0.359. The highest BCUT2D eigenvalue weighted by molar-refractivity contribution is 7.15. The van der Waals surface area contributed by atoms with E-state index in [1.807, 2.05) is 6.07 Å². The number of hydrogen-bond donors (Lipinski definition) is 2. The average molecular weight is 462 g/mol. The molecule has 2 aliphatic carbocycles. The molecular weight excluding hydrogens is 422 g/mol. The summed E-state index contributed by atoms with van der Waals surface area (Å²) in [4.78, 5) is 16.1.